The molecule has 1 saturated heterocycles. The number of halogens is 1. The number of aromatic nitrogens is 2. The van der Waals surface area contributed by atoms with E-state index in [0.717, 1.165) is 43.6 Å². The first-order valence-corrected chi connectivity index (χ1v) is 8.29. The molecule has 1 aromatic heterocycles. The Morgan fingerprint density at radius 1 is 1.13 bits per heavy atom. The molecule has 1 fully saturated rings. The fourth-order valence-corrected chi connectivity index (χ4v) is 2.91. The molecule has 0 atom stereocenters. The van der Waals surface area contributed by atoms with Crippen molar-refractivity contribution < 1.29 is 4.74 Å². The average Bonchev–Trinajstić information content (AvgIpc) is 2.58. The van der Waals surface area contributed by atoms with Gasteiger partial charge in [-0.1, -0.05) is 29.8 Å². The van der Waals surface area contributed by atoms with E-state index < -0.39 is 0 Å². The molecule has 0 saturated carbocycles. The van der Waals surface area contributed by atoms with E-state index in [4.69, 9.17) is 16.3 Å². The number of hydrogen-bond donors (Lipinski definition) is 0. The van der Waals surface area contributed by atoms with Crippen LogP contribution in [0.15, 0.2) is 36.7 Å². The number of anilines is 1. The molecular formula is C17H21ClN4O. The molecule has 0 aliphatic carbocycles. The van der Waals surface area contributed by atoms with E-state index in [-0.39, 0.29) is 0 Å². The predicted octanol–water partition coefficient (Wildman–Crippen LogP) is 2.85. The standard InChI is InChI=1S/C17H21ClN4O/c1-2-23-17-12-19-11-16(20-17)22-9-7-21(8-10-22)13-14-5-3-4-6-15(14)18/h3-6,11-12H,2,7-10,13H2,1H3. The molecular weight excluding hydrogens is 312 g/mol. The van der Waals surface area contributed by atoms with Gasteiger partial charge >= 0.3 is 0 Å². The lowest BCUT2D eigenvalue weighted by Gasteiger charge is -2.35. The van der Waals surface area contributed by atoms with Gasteiger partial charge in [0.25, 0.3) is 0 Å². The lowest BCUT2D eigenvalue weighted by atomic mass is 10.2. The van der Waals surface area contributed by atoms with Gasteiger partial charge in [0.2, 0.25) is 5.88 Å². The molecule has 0 N–H and O–H groups in total. The van der Waals surface area contributed by atoms with Crippen LogP contribution in [0.3, 0.4) is 0 Å². The maximum absolute atomic E-state index is 6.25. The summed E-state index contributed by atoms with van der Waals surface area (Å²) in [7, 11) is 0. The van der Waals surface area contributed by atoms with Crippen LogP contribution in [0.4, 0.5) is 5.82 Å². The summed E-state index contributed by atoms with van der Waals surface area (Å²) in [6, 6.07) is 8.04. The van der Waals surface area contributed by atoms with Gasteiger partial charge in [0.05, 0.1) is 19.0 Å². The van der Waals surface area contributed by atoms with Gasteiger partial charge < -0.3 is 9.64 Å². The first kappa shape index (κ1) is 16.0. The third kappa shape index (κ3) is 4.12. The van der Waals surface area contributed by atoms with Gasteiger partial charge in [0.1, 0.15) is 0 Å². The maximum Gasteiger partial charge on any atom is 0.234 e. The first-order chi connectivity index (χ1) is 11.3. The van der Waals surface area contributed by atoms with E-state index in [1.165, 1.54) is 5.56 Å². The third-order valence-electron chi connectivity index (χ3n) is 3.94. The molecule has 122 valence electrons. The lowest BCUT2D eigenvalue weighted by Crippen LogP contribution is -2.46. The molecule has 5 nitrogen and oxygen atoms in total. The Bertz CT molecular complexity index is 644. The molecule has 0 unspecified atom stereocenters. The third-order valence-corrected chi connectivity index (χ3v) is 4.31. The maximum atomic E-state index is 6.25. The number of hydrogen-bond acceptors (Lipinski definition) is 5. The minimum atomic E-state index is 0.587. The highest BCUT2D eigenvalue weighted by atomic mass is 35.5. The molecule has 23 heavy (non-hydrogen) atoms. The van der Waals surface area contributed by atoms with Crippen molar-refractivity contribution in [2.24, 2.45) is 0 Å². The van der Waals surface area contributed by atoms with Crippen molar-refractivity contribution in [2.75, 3.05) is 37.7 Å². The van der Waals surface area contributed by atoms with E-state index >= 15 is 0 Å². The first-order valence-electron chi connectivity index (χ1n) is 7.92. The van der Waals surface area contributed by atoms with E-state index in [9.17, 15) is 0 Å². The van der Waals surface area contributed by atoms with Gasteiger partial charge in [-0.05, 0) is 18.6 Å². The van der Waals surface area contributed by atoms with Crippen LogP contribution < -0.4 is 9.64 Å². The molecule has 1 aromatic carbocycles. The summed E-state index contributed by atoms with van der Waals surface area (Å²) in [5.41, 5.74) is 1.18. The highest BCUT2D eigenvalue weighted by Gasteiger charge is 2.19. The van der Waals surface area contributed by atoms with Crippen molar-refractivity contribution in [3.8, 4) is 5.88 Å². The second-order valence-electron chi connectivity index (χ2n) is 5.50. The summed E-state index contributed by atoms with van der Waals surface area (Å²) in [5, 5.41) is 0.838. The van der Waals surface area contributed by atoms with E-state index in [1.54, 1.807) is 12.4 Å². The summed E-state index contributed by atoms with van der Waals surface area (Å²) in [6.45, 7) is 7.24. The molecule has 1 aliphatic rings. The summed E-state index contributed by atoms with van der Waals surface area (Å²) in [6.07, 6.45) is 3.45. The van der Waals surface area contributed by atoms with Crippen molar-refractivity contribution in [2.45, 2.75) is 13.5 Å². The lowest BCUT2D eigenvalue weighted by molar-refractivity contribution is 0.249. The summed E-state index contributed by atoms with van der Waals surface area (Å²) >= 11 is 6.25. The zero-order valence-corrected chi connectivity index (χ0v) is 14.0. The predicted molar refractivity (Wildman–Crippen MR) is 92.1 cm³/mol. The molecule has 2 heterocycles. The molecule has 6 heteroatoms. The van der Waals surface area contributed by atoms with Crippen molar-refractivity contribution in [3.63, 3.8) is 0 Å². The second kappa shape index (κ2) is 7.62. The van der Waals surface area contributed by atoms with E-state index in [1.807, 2.05) is 25.1 Å². The van der Waals surface area contributed by atoms with Gasteiger partial charge in [-0.25, -0.2) is 0 Å². The molecule has 0 spiro atoms. The normalized spacial score (nSPS) is 15.7. The van der Waals surface area contributed by atoms with Crippen LogP contribution in [0.2, 0.25) is 5.02 Å². The minimum absolute atomic E-state index is 0.587. The zero-order chi connectivity index (χ0) is 16.1. The van der Waals surface area contributed by atoms with Crippen LogP contribution in [0.1, 0.15) is 12.5 Å². The Balaban J connectivity index is 1.58. The van der Waals surface area contributed by atoms with Crippen LogP contribution in [-0.2, 0) is 6.54 Å². The minimum Gasteiger partial charge on any atom is -0.477 e. The van der Waals surface area contributed by atoms with Crippen LogP contribution in [0.5, 0.6) is 5.88 Å². The SMILES string of the molecule is CCOc1cncc(N2CCN(Cc3ccccc3Cl)CC2)n1. The van der Waals surface area contributed by atoms with Gasteiger partial charge in [-0.3, -0.25) is 9.88 Å². The number of piperazine rings is 1. The van der Waals surface area contributed by atoms with Crippen molar-refractivity contribution in [3.05, 3.63) is 47.2 Å². The topological polar surface area (TPSA) is 41.5 Å². The summed E-state index contributed by atoms with van der Waals surface area (Å²) < 4.78 is 5.43. The highest BCUT2D eigenvalue weighted by molar-refractivity contribution is 6.31. The van der Waals surface area contributed by atoms with Gasteiger partial charge in [-0.15, -0.1) is 0 Å². The smallest absolute Gasteiger partial charge is 0.234 e. The summed E-state index contributed by atoms with van der Waals surface area (Å²) in [5.74, 6) is 1.47. The fraction of sp³-hybridized carbons (Fsp3) is 0.412. The van der Waals surface area contributed by atoms with Gasteiger partial charge in [0.15, 0.2) is 5.82 Å². The van der Waals surface area contributed by atoms with Crippen LogP contribution >= 0.6 is 11.6 Å². The van der Waals surface area contributed by atoms with Crippen molar-refractivity contribution in [1.82, 2.24) is 14.9 Å². The molecule has 2 aromatic rings. The Labute approximate surface area is 141 Å². The number of ether oxygens (including phenoxy) is 1. The molecule has 1 aliphatic heterocycles. The van der Waals surface area contributed by atoms with Gasteiger partial charge in [0, 0.05) is 37.7 Å². The van der Waals surface area contributed by atoms with Crippen LogP contribution in [0.25, 0.3) is 0 Å². The van der Waals surface area contributed by atoms with E-state index in [2.05, 4.69) is 25.8 Å². The largest absolute Gasteiger partial charge is 0.477 e. The monoisotopic (exact) mass is 332 g/mol. The Morgan fingerprint density at radius 2 is 1.91 bits per heavy atom. The Kier molecular flexibility index (Phi) is 5.31. The molecule has 0 amide bonds. The van der Waals surface area contributed by atoms with Crippen LogP contribution in [-0.4, -0.2) is 47.7 Å². The van der Waals surface area contributed by atoms with Crippen molar-refractivity contribution >= 4 is 17.4 Å². The number of rotatable bonds is 5. The molecule has 0 bridgehead atoms. The number of benzene rings is 1. The van der Waals surface area contributed by atoms with E-state index in [0.29, 0.717) is 12.5 Å². The van der Waals surface area contributed by atoms with Crippen molar-refractivity contribution in [1.29, 1.82) is 0 Å². The molecule has 3 rings (SSSR count). The van der Waals surface area contributed by atoms with Gasteiger partial charge in [-0.2, -0.15) is 4.98 Å². The highest BCUT2D eigenvalue weighted by Crippen LogP contribution is 2.20. The molecule has 0 radical (unpaired) electrons. The Hall–Kier alpha value is -1.85. The second-order valence-corrected chi connectivity index (χ2v) is 5.91. The van der Waals surface area contributed by atoms with Crippen LogP contribution in [0, 0.1) is 0 Å². The Morgan fingerprint density at radius 3 is 2.65 bits per heavy atom. The zero-order valence-electron chi connectivity index (χ0n) is 13.3. The summed E-state index contributed by atoms with van der Waals surface area (Å²) in [4.78, 5) is 13.4. The fourth-order valence-electron chi connectivity index (χ4n) is 2.71. The average molecular weight is 333 g/mol. The quantitative estimate of drug-likeness (QED) is 0.842. The number of nitrogens with zero attached hydrogens (tertiary/aromatic N) is 4.